The van der Waals surface area contributed by atoms with Gasteiger partial charge in [0.25, 0.3) is 10.0 Å². The van der Waals surface area contributed by atoms with Gasteiger partial charge in [-0.25, -0.2) is 13.4 Å². The van der Waals surface area contributed by atoms with Crippen LogP contribution in [0.1, 0.15) is 5.01 Å². The number of rotatable bonds is 3. The summed E-state index contributed by atoms with van der Waals surface area (Å²) in [5, 5.41) is 0.925. The molecule has 5 rings (SSSR count). The molecule has 2 aromatic carbocycles. The lowest BCUT2D eigenvalue weighted by Crippen LogP contribution is -2.35. The van der Waals surface area contributed by atoms with Gasteiger partial charge in [0, 0.05) is 29.0 Å². The lowest BCUT2D eigenvalue weighted by Gasteiger charge is -2.30. The van der Waals surface area contributed by atoms with Crippen molar-refractivity contribution in [2.24, 2.45) is 0 Å². The van der Waals surface area contributed by atoms with Gasteiger partial charge in [0.2, 0.25) is 0 Å². The number of nitrogens with zero attached hydrogens (tertiary/aromatic N) is 3. The van der Waals surface area contributed by atoms with Crippen molar-refractivity contribution in [2.45, 2.75) is 16.7 Å². The van der Waals surface area contributed by atoms with E-state index in [1.807, 2.05) is 43.3 Å². The summed E-state index contributed by atoms with van der Waals surface area (Å²) in [7, 11) is -3.68. The van der Waals surface area contributed by atoms with Crippen LogP contribution < -0.4 is 4.31 Å². The zero-order chi connectivity index (χ0) is 20.0. The van der Waals surface area contributed by atoms with E-state index in [9.17, 15) is 8.42 Å². The minimum Gasteiger partial charge on any atom is -0.264 e. The molecule has 0 amide bonds. The minimum absolute atomic E-state index is 0.301. The topological polar surface area (TPSA) is 63.2 Å². The molecule has 1 aliphatic rings. The summed E-state index contributed by atoms with van der Waals surface area (Å²) in [6, 6.07) is 16.8. The molecule has 146 valence electrons. The number of thioether (sulfide) groups is 1. The third kappa shape index (κ3) is 3.31. The molecule has 29 heavy (non-hydrogen) atoms. The molecule has 0 spiro atoms. The second-order valence-electron chi connectivity index (χ2n) is 6.69. The summed E-state index contributed by atoms with van der Waals surface area (Å²) in [5.41, 5.74) is 3.27. The van der Waals surface area contributed by atoms with Crippen molar-refractivity contribution in [3.63, 3.8) is 0 Å². The fourth-order valence-corrected chi connectivity index (χ4v) is 7.04. The van der Waals surface area contributed by atoms with Crippen LogP contribution in [0.15, 0.2) is 70.6 Å². The first kappa shape index (κ1) is 18.6. The Bertz CT molecular complexity index is 1320. The van der Waals surface area contributed by atoms with Crippen molar-refractivity contribution in [3.8, 4) is 11.3 Å². The minimum atomic E-state index is -3.68. The van der Waals surface area contributed by atoms with E-state index >= 15 is 0 Å². The smallest absolute Gasteiger partial charge is 0.264 e. The highest BCUT2D eigenvalue weighted by atomic mass is 32.2. The van der Waals surface area contributed by atoms with Crippen molar-refractivity contribution in [1.82, 2.24) is 9.97 Å². The van der Waals surface area contributed by atoms with Gasteiger partial charge in [-0.1, -0.05) is 12.1 Å². The lowest BCUT2D eigenvalue weighted by molar-refractivity contribution is 0.591. The van der Waals surface area contributed by atoms with Gasteiger partial charge >= 0.3 is 0 Å². The quantitative estimate of drug-likeness (QED) is 0.451. The van der Waals surface area contributed by atoms with E-state index < -0.39 is 10.0 Å². The average Bonchev–Trinajstić information content (AvgIpc) is 3.12. The van der Waals surface area contributed by atoms with Gasteiger partial charge < -0.3 is 0 Å². The van der Waals surface area contributed by atoms with Crippen molar-refractivity contribution >= 4 is 49.0 Å². The molecular weight excluding hydrogens is 422 g/mol. The fourth-order valence-electron chi connectivity index (χ4n) is 3.44. The van der Waals surface area contributed by atoms with E-state index in [2.05, 4.69) is 9.97 Å². The third-order valence-corrected chi connectivity index (χ3v) is 8.58. The third-order valence-electron chi connectivity index (χ3n) is 4.80. The molecule has 0 atom stereocenters. The first-order chi connectivity index (χ1) is 14.0. The highest BCUT2D eigenvalue weighted by molar-refractivity contribution is 8.00. The molecule has 0 N–H and O–H groups in total. The Kier molecular flexibility index (Phi) is 4.57. The molecule has 0 saturated carbocycles. The van der Waals surface area contributed by atoms with Gasteiger partial charge in [-0.2, -0.15) is 0 Å². The molecule has 0 saturated heterocycles. The van der Waals surface area contributed by atoms with Crippen molar-refractivity contribution < 1.29 is 8.42 Å². The van der Waals surface area contributed by atoms with Crippen molar-refractivity contribution in [3.05, 3.63) is 65.8 Å². The van der Waals surface area contributed by atoms with Crippen LogP contribution in [-0.2, 0) is 10.0 Å². The fraction of sp³-hybridized carbons (Fsp3) is 0.143. The number of fused-ring (bicyclic) bond motifs is 2. The Balaban J connectivity index is 1.61. The Morgan fingerprint density at radius 3 is 2.79 bits per heavy atom. The molecule has 0 aliphatic carbocycles. The van der Waals surface area contributed by atoms with E-state index in [4.69, 9.17) is 0 Å². The van der Waals surface area contributed by atoms with Crippen LogP contribution in [0.3, 0.4) is 0 Å². The zero-order valence-electron chi connectivity index (χ0n) is 15.6. The van der Waals surface area contributed by atoms with Crippen LogP contribution in [-0.4, -0.2) is 30.7 Å². The number of hydrogen-bond acceptors (Lipinski definition) is 6. The standard InChI is InChI=1S/C21H17N3O2S3/c1-14-23-18-7-6-16(13-21(18)28-14)29(25,26)24-10-11-27-20-8-5-15(12-19(20)24)17-4-2-3-9-22-17/h2-9,12-13H,10-11H2,1H3. The van der Waals surface area contributed by atoms with Crippen LogP contribution >= 0.6 is 23.1 Å². The Labute approximate surface area is 177 Å². The second-order valence-corrected chi connectivity index (χ2v) is 10.9. The monoisotopic (exact) mass is 439 g/mol. The Hall–Kier alpha value is -2.42. The first-order valence-corrected chi connectivity index (χ1v) is 12.3. The summed E-state index contributed by atoms with van der Waals surface area (Å²) in [5.74, 6) is 0.719. The molecule has 3 heterocycles. The summed E-state index contributed by atoms with van der Waals surface area (Å²) in [4.78, 5) is 10.1. The molecule has 8 heteroatoms. The van der Waals surface area contributed by atoms with Crippen LogP contribution in [0, 0.1) is 6.92 Å². The summed E-state index contributed by atoms with van der Waals surface area (Å²) < 4.78 is 29.5. The van der Waals surface area contributed by atoms with Gasteiger partial charge in [0.15, 0.2) is 0 Å². The highest BCUT2D eigenvalue weighted by Gasteiger charge is 2.30. The second kappa shape index (κ2) is 7.12. The molecule has 0 unspecified atom stereocenters. The van der Waals surface area contributed by atoms with Gasteiger partial charge in [0.1, 0.15) is 0 Å². The number of aryl methyl sites for hydroxylation is 1. The van der Waals surface area contributed by atoms with Gasteiger partial charge in [0.05, 0.1) is 31.5 Å². The lowest BCUT2D eigenvalue weighted by atomic mass is 10.1. The van der Waals surface area contributed by atoms with Crippen molar-refractivity contribution in [1.29, 1.82) is 0 Å². The van der Waals surface area contributed by atoms with Crippen LogP contribution in [0.25, 0.3) is 21.5 Å². The largest absolute Gasteiger partial charge is 0.264 e. The van der Waals surface area contributed by atoms with Crippen LogP contribution in [0.4, 0.5) is 5.69 Å². The maximum Gasteiger partial charge on any atom is 0.264 e. The molecule has 0 radical (unpaired) electrons. The number of sulfonamides is 1. The van der Waals surface area contributed by atoms with Crippen molar-refractivity contribution in [2.75, 3.05) is 16.6 Å². The average molecular weight is 440 g/mol. The number of benzene rings is 2. The SMILES string of the molecule is Cc1nc2ccc(S(=O)(=O)N3CCSc4ccc(-c5ccccn5)cc43)cc2s1. The number of hydrogen-bond donors (Lipinski definition) is 0. The maximum absolute atomic E-state index is 13.5. The normalized spacial score (nSPS) is 14.2. The van der Waals surface area contributed by atoms with E-state index in [0.29, 0.717) is 17.1 Å². The molecule has 0 fully saturated rings. The van der Waals surface area contributed by atoms with Gasteiger partial charge in [-0.3, -0.25) is 9.29 Å². The predicted molar refractivity (Wildman–Crippen MR) is 119 cm³/mol. The maximum atomic E-state index is 13.5. The Morgan fingerprint density at radius 2 is 1.97 bits per heavy atom. The summed E-state index contributed by atoms with van der Waals surface area (Å²) >= 11 is 3.19. The molecule has 2 aromatic heterocycles. The number of anilines is 1. The zero-order valence-corrected chi connectivity index (χ0v) is 18.0. The number of pyridine rings is 1. The van der Waals surface area contributed by atoms with Crippen LogP contribution in [0.2, 0.25) is 0 Å². The molecule has 5 nitrogen and oxygen atoms in total. The highest BCUT2D eigenvalue weighted by Crippen LogP contribution is 2.40. The van der Waals surface area contributed by atoms with E-state index in [0.717, 1.165) is 37.1 Å². The first-order valence-electron chi connectivity index (χ1n) is 9.10. The van der Waals surface area contributed by atoms with Gasteiger partial charge in [-0.15, -0.1) is 23.1 Å². The summed E-state index contributed by atoms with van der Waals surface area (Å²) in [6.07, 6.45) is 1.74. The Morgan fingerprint density at radius 1 is 1.07 bits per heavy atom. The predicted octanol–water partition coefficient (Wildman–Crippen LogP) is 4.97. The van der Waals surface area contributed by atoms with Crippen LogP contribution in [0.5, 0.6) is 0 Å². The number of thiazole rings is 1. The molecule has 0 bridgehead atoms. The molecular formula is C21H17N3O2S3. The van der Waals surface area contributed by atoms with E-state index in [1.165, 1.54) is 15.6 Å². The van der Waals surface area contributed by atoms with Gasteiger partial charge in [-0.05, 0) is 49.4 Å². The molecule has 1 aliphatic heterocycles. The van der Waals surface area contributed by atoms with E-state index in [-0.39, 0.29) is 0 Å². The number of aromatic nitrogens is 2. The summed E-state index contributed by atoms with van der Waals surface area (Å²) in [6.45, 7) is 2.36. The van der Waals surface area contributed by atoms with E-state index in [1.54, 1.807) is 36.2 Å². The molecule has 4 aromatic rings.